The van der Waals surface area contributed by atoms with Crippen LogP contribution in [0.1, 0.15) is 56.6 Å². The Morgan fingerprint density at radius 3 is 2.41 bits per heavy atom. The molecule has 22 heavy (non-hydrogen) atoms. The first-order valence-corrected chi connectivity index (χ1v) is 7.12. The topological polar surface area (TPSA) is 63.6 Å². The van der Waals surface area contributed by atoms with Gasteiger partial charge in [-0.1, -0.05) is 17.7 Å². The second kappa shape index (κ2) is 7.59. The summed E-state index contributed by atoms with van der Waals surface area (Å²) in [5.74, 6) is -0.767. The standard InChI is InChI=1S/C18H22O4/c1-6-12(4)18(21)22-13(5)14-7-8-16(19)15(10-14)17(20)9-11(2)3/h6-10,13,19H,1-5H3/b12-6+. The first kappa shape index (κ1) is 17.7. The lowest BCUT2D eigenvalue weighted by molar-refractivity contribution is -0.143. The Morgan fingerprint density at radius 2 is 1.86 bits per heavy atom. The van der Waals surface area contributed by atoms with Gasteiger partial charge in [-0.15, -0.1) is 0 Å². The van der Waals surface area contributed by atoms with Crippen LogP contribution in [0.5, 0.6) is 5.75 Å². The van der Waals surface area contributed by atoms with Gasteiger partial charge in [0, 0.05) is 5.57 Å². The van der Waals surface area contributed by atoms with Crippen LogP contribution in [0.25, 0.3) is 0 Å². The molecule has 0 amide bonds. The molecule has 0 spiro atoms. The van der Waals surface area contributed by atoms with Gasteiger partial charge in [-0.2, -0.15) is 0 Å². The third-order valence-electron chi connectivity index (χ3n) is 3.21. The molecule has 1 N–H and O–H groups in total. The van der Waals surface area contributed by atoms with E-state index in [1.54, 1.807) is 39.0 Å². The van der Waals surface area contributed by atoms with Gasteiger partial charge >= 0.3 is 5.97 Å². The molecule has 1 rings (SSSR count). The van der Waals surface area contributed by atoms with E-state index in [9.17, 15) is 14.7 Å². The molecule has 4 nitrogen and oxygen atoms in total. The summed E-state index contributed by atoms with van der Waals surface area (Å²) in [6.07, 6.45) is 2.62. The SMILES string of the molecule is C/C=C(\C)C(=O)OC(C)c1ccc(O)c(C(=O)C=C(C)C)c1. The Morgan fingerprint density at radius 1 is 1.23 bits per heavy atom. The van der Waals surface area contributed by atoms with Crippen LogP contribution in [0.4, 0.5) is 0 Å². The number of hydrogen-bond acceptors (Lipinski definition) is 4. The highest BCUT2D eigenvalue weighted by Crippen LogP contribution is 2.25. The van der Waals surface area contributed by atoms with E-state index in [0.717, 1.165) is 5.57 Å². The molecule has 1 aromatic carbocycles. The summed E-state index contributed by atoms with van der Waals surface area (Å²) >= 11 is 0. The number of ketones is 1. The van der Waals surface area contributed by atoms with Crippen molar-refractivity contribution in [1.29, 1.82) is 0 Å². The number of rotatable bonds is 5. The zero-order chi connectivity index (χ0) is 16.9. The van der Waals surface area contributed by atoms with Gasteiger partial charge in [-0.05, 0) is 58.4 Å². The second-order valence-electron chi connectivity index (χ2n) is 5.38. The van der Waals surface area contributed by atoms with Crippen molar-refractivity contribution in [2.75, 3.05) is 0 Å². The predicted molar refractivity (Wildman–Crippen MR) is 85.8 cm³/mol. The Bertz CT molecular complexity index is 634. The smallest absolute Gasteiger partial charge is 0.333 e. The summed E-state index contributed by atoms with van der Waals surface area (Å²) in [6, 6.07) is 4.63. The highest BCUT2D eigenvalue weighted by molar-refractivity contribution is 6.06. The Kier molecular flexibility index (Phi) is 6.11. The molecule has 1 aromatic rings. The van der Waals surface area contributed by atoms with Crippen molar-refractivity contribution in [2.24, 2.45) is 0 Å². The molecule has 1 unspecified atom stereocenters. The predicted octanol–water partition coefficient (Wildman–Crippen LogP) is 4.11. The molecule has 1 atom stereocenters. The van der Waals surface area contributed by atoms with Crippen LogP contribution in [0, 0.1) is 0 Å². The lowest BCUT2D eigenvalue weighted by atomic mass is 10.0. The molecule has 0 aliphatic rings. The molecule has 0 aliphatic carbocycles. The van der Waals surface area contributed by atoms with E-state index in [2.05, 4.69) is 0 Å². The number of carbonyl (C=O) groups is 2. The third kappa shape index (κ3) is 4.58. The maximum Gasteiger partial charge on any atom is 0.333 e. The zero-order valence-electron chi connectivity index (χ0n) is 13.6. The lowest BCUT2D eigenvalue weighted by Crippen LogP contribution is -2.10. The molecule has 0 radical (unpaired) electrons. The summed E-state index contributed by atoms with van der Waals surface area (Å²) in [5.41, 5.74) is 2.22. The van der Waals surface area contributed by atoms with E-state index in [4.69, 9.17) is 4.74 Å². The minimum atomic E-state index is -0.513. The molecular weight excluding hydrogens is 280 g/mol. The van der Waals surface area contributed by atoms with Gasteiger partial charge in [0.2, 0.25) is 0 Å². The van der Waals surface area contributed by atoms with Crippen molar-refractivity contribution >= 4 is 11.8 Å². The first-order chi connectivity index (χ1) is 10.3. The number of aromatic hydroxyl groups is 1. The van der Waals surface area contributed by atoms with Crippen molar-refractivity contribution in [3.63, 3.8) is 0 Å². The van der Waals surface area contributed by atoms with Crippen LogP contribution in [-0.2, 0) is 9.53 Å². The van der Waals surface area contributed by atoms with Crippen LogP contribution < -0.4 is 0 Å². The van der Waals surface area contributed by atoms with Gasteiger partial charge in [-0.25, -0.2) is 4.79 Å². The zero-order valence-corrected chi connectivity index (χ0v) is 13.6. The molecule has 4 heteroatoms. The number of benzene rings is 1. The summed E-state index contributed by atoms with van der Waals surface area (Å²) in [4.78, 5) is 23.8. The van der Waals surface area contributed by atoms with Crippen molar-refractivity contribution < 1.29 is 19.4 Å². The lowest BCUT2D eigenvalue weighted by Gasteiger charge is -2.15. The monoisotopic (exact) mass is 302 g/mol. The number of esters is 1. The van der Waals surface area contributed by atoms with Crippen LogP contribution in [0.15, 0.2) is 41.5 Å². The van der Waals surface area contributed by atoms with E-state index in [1.165, 1.54) is 12.1 Å². The molecule has 0 fully saturated rings. The Balaban J connectivity index is 3.05. The van der Waals surface area contributed by atoms with E-state index in [1.807, 2.05) is 13.8 Å². The Hall–Kier alpha value is -2.36. The van der Waals surface area contributed by atoms with Crippen LogP contribution >= 0.6 is 0 Å². The number of phenolic OH excluding ortho intramolecular Hbond substituents is 1. The molecule has 0 bridgehead atoms. The Labute approximate surface area is 131 Å². The van der Waals surface area contributed by atoms with Gasteiger partial charge in [0.25, 0.3) is 0 Å². The second-order valence-corrected chi connectivity index (χ2v) is 5.38. The van der Waals surface area contributed by atoms with Crippen LogP contribution in [0.2, 0.25) is 0 Å². The van der Waals surface area contributed by atoms with Crippen molar-refractivity contribution in [1.82, 2.24) is 0 Å². The fraction of sp³-hybridized carbons (Fsp3) is 0.333. The van der Waals surface area contributed by atoms with E-state index in [-0.39, 0.29) is 17.1 Å². The average Bonchev–Trinajstić information content (AvgIpc) is 2.45. The van der Waals surface area contributed by atoms with Crippen LogP contribution in [-0.4, -0.2) is 16.9 Å². The summed E-state index contributed by atoms with van der Waals surface area (Å²) in [5, 5.41) is 9.84. The highest BCUT2D eigenvalue weighted by Gasteiger charge is 2.16. The molecule has 118 valence electrons. The normalized spacial score (nSPS) is 12.5. The average molecular weight is 302 g/mol. The fourth-order valence-electron chi connectivity index (χ4n) is 1.78. The van der Waals surface area contributed by atoms with Gasteiger partial charge in [-0.3, -0.25) is 4.79 Å². The third-order valence-corrected chi connectivity index (χ3v) is 3.21. The van der Waals surface area contributed by atoms with E-state index in [0.29, 0.717) is 11.1 Å². The van der Waals surface area contributed by atoms with Crippen molar-refractivity contribution in [2.45, 2.75) is 40.7 Å². The molecule has 0 saturated heterocycles. The first-order valence-electron chi connectivity index (χ1n) is 7.12. The number of hydrogen-bond donors (Lipinski definition) is 1. The van der Waals surface area contributed by atoms with Crippen LogP contribution in [0.3, 0.4) is 0 Å². The summed E-state index contributed by atoms with van der Waals surface area (Å²) in [6.45, 7) is 8.78. The molecular formula is C18H22O4. The maximum absolute atomic E-state index is 12.1. The fourth-order valence-corrected chi connectivity index (χ4v) is 1.78. The summed E-state index contributed by atoms with van der Waals surface area (Å²) < 4.78 is 5.33. The van der Waals surface area contributed by atoms with Gasteiger partial charge < -0.3 is 9.84 Å². The van der Waals surface area contributed by atoms with E-state index >= 15 is 0 Å². The quantitative estimate of drug-likeness (QED) is 0.505. The minimum Gasteiger partial charge on any atom is -0.507 e. The largest absolute Gasteiger partial charge is 0.507 e. The van der Waals surface area contributed by atoms with Crippen molar-refractivity contribution in [3.8, 4) is 5.75 Å². The van der Waals surface area contributed by atoms with E-state index < -0.39 is 12.1 Å². The van der Waals surface area contributed by atoms with Gasteiger partial charge in [0.15, 0.2) is 5.78 Å². The molecule has 0 heterocycles. The number of phenols is 1. The highest BCUT2D eigenvalue weighted by atomic mass is 16.5. The molecule has 0 saturated carbocycles. The van der Waals surface area contributed by atoms with Crippen molar-refractivity contribution in [3.05, 3.63) is 52.6 Å². The van der Waals surface area contributed by atoms with Gasteiger partial charge in [0.1, 0.15) is 11.9 Å². The molecule has 0 aliphatic heterocycles. The molecule has 0 aromatic heterocycles. The number of ether oxygens (including phenoxy) is 1. The number of allylic oxidation sites excluding steroid dienone is 3. The minimum absolute atomic E-state index is 0.0885. The number of carbonyl (C=O) groups excluding carboxylic acids is 2. The summed E-state index contributed by atoms with van der Waals surface area (Å²) in [7, 11) is 0. The maximum atomic E-state index is 12.1. The van der Waals surface area contributed by atoms with Gasteiger partial charge in [0.05, 0.1) is 5.56 Å².